The standard InChI is InChI=1S/C20H30F3N3O/c1-18(2)12-16(19(3,4)26-18)17(27)25-11-5-10-24-13-14-6-8-15(9-7-14)20(21,22)23/h6-9,16,24,26H,5,10-13H2,1-4H3,(H,25,27). The minimum absolute atomic E-state index is 0.0469. The number of nitrogens with one attached hydrogen (secondary N) is 3. The molecule has 1 aliphatic heterocycles. The maximum absolute atomic E-state index is 12.5. The van der Waals surface area contributed by atoms with Gasteiger partial charge in [0.2, 0.25) is 5.91 Å². The molecule has 4 nitrogen and oxygen atoms in total. The Morgan fingerprint density at radius 3 is 2.30 bits per heavy atom. The summed E-state index contributed by atoms with van der Waals surface area (Å²) in [4.78, 5) is 12.5. The van der Waals surface area contributed by atoms with Gasteiger partial charge >= 0.3 is 6.18 Å². The van der Waals surface area contributed by atoms with E-state index in [-0.39, 0.29) is 22.9 Å². The molecule has 27 heavy (non-hydrogen) atoms. The van der Waals surface area contributed by atoms with Crippen LogP contribution in [0, 0.1) is 5.92 Å². The van der Waals surface area contributed by atoms with E-state index < -0.39 is 11.7 Å². The normalized spacial score (nSPS) is 21.2. The Hall–Kier alpha value is -1.60. The van der Waals surface area contributed by atoms with Crippen LogP contribution in [0.3, 0.4) is 0 Å². The Balaban J connectivity index is 1.65. The van der Waals surface area contributed by atoms with Crippen LogP contribution < -0.4 is 16.0 Å². The zero-order valence-electron chi connectivity index (χ0n) is 16.5. The highest BCUT2D eigenvalue weighted by molar-refractivity contribution is 5.80. The second kappa shape index (κ2) is 8.19. The van der Waals surface area contributed by atoms with Crippen LogP contribution in [0.25, 0.3) is 0 Å². The summed E-state index contributed by atoms with van der Waals surface area (Å²) in [5, 5.41) is 9.68. The fraction of sp³-hybridized carbons (Fsp3) is 0.650. The van der Waals surface area contributed by atoms with E-state index in [9.17, 15) is 18.0 Å². The monoisotopic (exact) mass is 385 g/mol. The average Bonchev–Trinajstić information content (AvgIpc) is 2.77. The molecule has 1 atom stereocenters. The van der Waals surface area contributed by atoms with E-state index in [1.165, 1.54) is 12.1 Å². The van der Waals surface area contributed by atoms with E-state index in [0.29, 0.717) is 19.6 Å². The minimum atomic E-state index is -4.30. The number of alkyl halides is 3. The molecule has 1 fully saturated rings. The second-order valence-corrected chi connectivity index (χ2v) is 8.50. The lowest BCUT2D eigenvalue weighted by molar-refractivity contribution is -0.137. The molecule has 1 aromatic rings. The van der Waals surface area contributed by atoms with Crippen molar-refractivity contribution in [3.05, 3.63) is 35.4 Å². The average molecular weight is 385 g/mol. The van der Waals surface area contributed by atoms with Crippen LogP contribution in [0.1, 0.15) is 51.7 Å². The predicted molar refractivity (Wildman–Crippen MR) is 100 cm³/mol. The smallest absolute Gasteiger partial charge is 0.356 e. The van der Waals surface area contributed by atoms with Crippen molar-refractivity contribution in [1.82, 2.24) is 16.0 Å². The van der Waals surface area contributed by atoms with Crippen molar-refractivity contribution in [2.45, 2.75) is 64.3 Å². The zero-order valence-corrected chi connectivity index (χ0v) is 16.5. The Kier molecular flexibility index (Phi) is 6.58. The van der Waals surface area contributed by atoms with Crippen molar-refractivity contribution in [2.75, 3.05) is 13.1 Å². The number of carbonyl (C=O) groups is 1. The van der Waals surface area contributed by atoms with Gasteiger partial charge in [-0.05, 0) is 64.8 Å². The highest BCUT2D eigenvalue weighted by atomic mass is 19.4. The minimum Gasteiger partial charge on any atom is -0.356 e. The third kappa shape index (κ3) is 6.21. The fourth-order valence-corrected chi connectivity index (χ4v) is 3.79. The molecule has 3 N–H and O–H groups in total. The topological polar surface area (TPSA) is 53.2 Å². The first kappa shape index (κ1) is 21.7. The van der Waals surface area contributed by atoms with Gasteiger partial charge in [0.05, 0.1) is 11.5 Å². The molecule has 1 aromatic carbocycles. The largest absolute Gasteiger partial charge is 0.416 e. The number of benzene rings is 1. The van der Waals surface area contributed by atoms with Gasteiger partial charge in [0.15, 0.2) is 0 Å². The lowest BCUT2D eigenvalue weighted by Crippen LogP contribution is -2.48. The molecule has 1 aliphatic rings. The molecule has 1 amide bonds. The first-order valence-corrected chi connectivity index (χ1v) is 9.35. The second-order valence-electron chi connectivity index (χ2n) is 8.50. The van der Waals surface area contributed by atoms with Gasteiger partial charge < -0.3 is 16.0 Å². The lowest BCUT2D eigenvalue weighted by atomic mass is 9.86. The predicted octanol–water partition coefficient (Wildman–Crippen LogP) is 3.47. The van der Waals surface area contributed by atoms with Crippen LogP contribution in [0.2, 0.25) is 0 Å². The molecule has 1 unspecified atom stereocenters. The van der Waals surface area contributed by atoms with Crippen LogP contribution in [0.5, 0.6) is 0 Å². The lowest BCUT2D eigenvalue weighted by Gasteiger charge is -2.27. The third-order valence-electron chi connectivity index (χ3n) is 5.00. The molecule has 1 saturated heterocycles. The summed E-state index contributed by atoms with van der Waals surface area (Å²) in [6.45, 7) is 10.1. The van der Waals surface area contributed by atoms with Crippen molar-refractivity contribution in [3.8, 4) is 0 Å². The molecule has 2 rings (SSSR count). The van der Waals surface area contributed by atoms with E-state index in [2.05, 4.69) is 43.6 Å². The molecule has 0 aliphatic carbocycles. The van der Waals surface area contributed by atoms with E-state index >= 15 is 0 Å². The summed E-state index contributed by atoms with van der Waals surface area (Å²) in [6.07, 6.45) is -2.74. The molecule has 0 spiro atoms. The fourth-order valence-electron chi connectivity index (χ4n) is 3.79. The van der Waals surface area contributed by atoms with Crippen molar-refractivity contribution in [2.24, 2.45) is 5.92 Å². The number of hydrogen-bond acceptors (Lipinski definition) is 3. The molecule has 0 saturated carbocycles. The maximum Gasteiger partial charge on any atom is 0.416 e. The van der Waals surface area contributed by atoms with Crippen LogP contribution in [-0.4, -0.2) is 30.1 Å². The first-order chi connectivity index (χ1) is 12.4. The summed E-state index contributed by atoms with van der Waals surface area (Å²) in [5.41, 5.74) is -0.113. The van der Waals surface area contributed by atoms with Crippen molar-refractivity contribution >= 4 is 5.91 Å². The summed E-state index contributed by atoms with van der Waals surface area (Å²) in [7, 11) is 0. The van der Waals surface area contributed by atoms with Crippen molar-refractivity contribution in [3.63, 3.8) is 0 Å². The highest BCUT2D eigenvalue weighted by Gasteiger charge is 2.47. The molecule has 1 heterocycles. The molecule has 0 aromatic heterocycles. The van der Waals surface area contributed by atoms with Gasteiger partial charge in [-0.1, -0.05) is 12.1 Å². The maximum atomic E-state index is 12.5. The summed E-state index contributed by atoms with van der Waals surface area (Å²) in [5.74, 6) is 0.00780. The Bertz CT molecular complexity index is 639. The first-order valence-electron chi connectivity index (χ1n) is 9.35. The van der Waals surface area contributed by atoms with Gasteiger partial charge in [0, 0.05) is 24.2 Å². The quantitative estimate of drug-likeness (QED) is 0.630. The Morgan fingerprint density at radius 1 is 1.15 bits per heavy atom. The van der Waals surface area contributed by atoms with Crippen molar-refractivity contribution < 1.29 is 18.0 Å². The molecule has 7 heteroatoms. The van der Waals surface area contributed by atoms with Gasteiger partial charge in [-0.2, -0.15) is 13.2 Å². The Labute approximate surface area is 159 Å². The number of halogens is 3. The summed E-state index contributed by atoms with van der Waals surface area (Å²) in [6, 6.07) is 5.15. The molecular weight excluding hydrogens is 355 g/mol. The van der Waals surface area contributed by atoms with Crippen LogP contribution >= 0.6 is 0 Å². The SMILES string of the molecule is CC1(C)CC(C(=O)NCCCNCc2ccc(C(F)(F)F)cc2)C(C)(C)N1. The number of hydrogen-bond donors (Lipinski definition) is 3. The van der Waals surface area contributed by atoms with Crippen molar-refractivity contribution in [1.29, 1.82) is 0 Å². The van der Waals surface area contributed by atoms with Gasteiger partial charge in [-0.15, -0.1) is 0 Å². The molecule has 152 valence electrons. The molecular formula is C20H30F3N3O. The van der Waals surface area contributed by atoms with E-state index in [1.54, 1.807) is 0 Å². The van der Waals surface area contributed by atoms with Gasteiger partial charge in [0.1, 0.15) is 0 Å². The third-order valence-corrected chi connectivity index (χ3v) is 5.00. The molecule has 0 radical (unpaired) electrons. The summed E-state index contributed by atoms with van der Waals surface area (Å²) >= 11 is 0. The van der Waals surface area contributed by atoms with E-state index in [0.717, 1.165) is 30.5 Å². The van der Waals surface area contributed by atoms with Gasteiger partial charge in [-0.25, -0.2) is 0 Å². The summed E-state index contributed by atoms with van der Waals surface area (Å²) < 4.78 is 37.6. The van der Waals surface area contributed by atoms with Gasteiger partial charge in [-0.3, -0.25) is 4.79 Å². The Morgan fingerprint density at radius 2 is 1.78 bits per heavy atom. The van der Waals surface area contributed by atoms with Crippen LogP contribution in [0.15, 0.2) is 24.3 Å². The molecule has 0 bridgehead atoms. The van der Waals surface area contributed by atoms with E-state index in [1.807, 2.05) is 0 Å². The zero-order chi connectivity index (χ0) is 20.3. The van der Waals surface area contributed by atoms with Crippen LogP contribution in [0.4, 0.5) is 13.2 Å². The highest BCUT2D eigenvalue weighted by Crippen LogP contribution is 2.35. The van der Waals surface area contributed by atoms with E-state index in [4.69, 9.17) is 0 Å². The van der Waals surface area contributed by atoms with Crippen LogP contribution in [-0.2, 0) is 17.5 Å². The van der Waals surface area contributed by atoms with Gasteiger partial charge in [0.25, 0.3) is 0 Å². The number of amides is 1. The number of carbonyl (C=O) groups excluding carboxylic acids is 1. The number of rotatable bonds is 7.